The number of allylic oxidation sites excluding steroid dienone is 2. The van der Waals surface area contributed by atoms with Crippen molar-refractivity contribution >= 4 is 17.8 Å². The van der Waals surface area contributed by atoms with E-state index in [1.54, 1.807) is 4.90 Å². The molecule has 8 heteroatoms. The minimum atomic E-state index is -0.0837. The van der Waals surface area contributed by atoms with E-state index in [1.807, 2.05) is 11.0 Å². The van der Waals surface area contributed by atoms with Crippen LogP contribution in [0.2, 0.25) is 0 Å². The Morgan fingerprint density at radius 1 is 1.08 bits per heavy atom. The Labute approximate surface area is 175 Å². The Hall–Kier alpha value is -1.21. The maximum Gasteiger partial charge on any atom is 0.317 e. The zero-order chi connectivity index (χ0) is 17.8. The van der Waals surface area contributed by atoms with Gasteiger partial charge in [-0.1, -0.05) is 6.08 Å². The summed E-state index contributed by atoms with van der Waals surface area (Å²) in [6.45, 7) is 11.5. The van der Waals surface area contributed by atoms with Gasteiger partial charge >= 0.3 is 12.1 Å². The second-order valence-corrected chi connectivity index (χ2v) is 5.57. The van der Waals surface area contributed by atoms with Crippen LogP contribution in [0.15, 0.2) is 19.2 Å². The monoisotopic (exact) mass is 424 g/mol. The maximum atomic E-state index is 11.0. The number of nitrogens with one attached hydrogen (secondary N) is 2. The molecule has 2 fully saturated rings. The number of hydrogen-bond acceptors (Lipinski definition) is 3. The van der Waals surface area contributed by atoms with Crippen molar-refractivity contribution in [1.29, 1.82) is 0 Å². The molecule has 4 amide bonds. The summed E-state index contributed by atoms with van der Waals surface area (Å²) in [5.41, 5.74) is 0. The first-order valence-corrected chi connectivity index (χ1v) is 8.31. The Balaban J connectivity index is 0.000000449. The molecule has 7 nitrogen and oxygen atoms in total. The maximum absolute atomic E-state index is 11.0. The molecule has 2 saturated heterocycles. The Morgan fingerprint density at radius 3 is 2.00 bits per heavy atom. The predicted molar refractivity (Wildman–Crippen MR) is 92.5 cm³/mol. The zero-order valence-electron chi connectivity index (χ0n) is 14.8. The van der Waals surface area contributed by atoms with E-state index in [-0.39, 0.29) is 50.6 Å². The van der Waals surface area contributed by atoms with Crippen molar-refractivity contribution in [2.24, 2.45) is 0 Å². The van der Waals surface area contributed by atoms with Crippen molar-refractivity contribution in [1.82, 2.24) is 20.4 Å². The molecule has 0 saturated carbocycles. The summed E-state index contributed by atoms with van der Waals surface area (Å²) in [7, 11) is 0. The van der Waals surface area contributed by atoms with Crippen LogP contribution in [0.4, 0.5) is 9.59 Å². The summed E-state index contributed by atoms with van der Waals surface area (Å²) in [5.74, 6) is -0.0837. The van der Waals surface area contributed by atoms with Crippen LogP contribution in [0, 0.1) is 6.08 Å². The van der Waals surface area contributed by atoms with Crippen LogP contribution in [-0.2, 0) is 37.5 Å². The third-order valence-electron chi connectivity index (χ3n) is 3.76. The number of hydrogen-bond donors (Lipinski definition) is 2. The SMILES string of the molecule is C=CCCCN1CCNC1=O.C=[C-]C(=O)CCCN1CCNC1=O.[Y]. The first kappa shape index (κ1) is 23.8. The van der Waals surface area contributed by atoms with Gasteiger partial charge in [-0.3, -0.25) is 6.58 Å². The molecule has 0 aromatic heterocycles. The van der Waals surface area contributed by atoms with Crippen LogP contribution < -0.4 is 10.6 Å². The summed E-state index contributed by atoms with van der Waals surface area (Å²) < 4.78 is 0. The summed E-state index contributed by atoms with van der Waals surface area (Å²) in [6, 6.07) is 0.0455. The molecule has 0 bridgehead atoms. The van der Waals surface area contributed by atoms with Gasteiger partial charge in [0.25, 0.3) is 0 Å². The van der Waals surface area contributed by atoms with Crippen molar-refractivity contribution < 1.29 is 47.1 Å². The van der Waals surface area contributed by atoms with Gasteiger partial charge in [-0.05, 0) is 31.5 Å². The van der Waals surface area contributed by atoms with Gasteiger partial charge in [-0.15, -0.1) is 6.58 Å². The molecule has 137 valence electrons. The summed E-state index contributed by atoms with van der Waals surface area (Å²) in [6.07, 6.45) is 7.30. The Morgan fingerprint density at radius 2 is 1.60 bits per heavy atom. The topological polar surface area (TPSA) is 81.8 Å². The fourth-order valence-electron chi connectivity index (χ4n) is 2.39. The first-order valence-electron chi connectivity index (χ1n) is 8.31. The van der Waals surface area contributed by atoms with Gasteiger partial charge in [0, 0.05) is 72.0 Å². The molecular weight excluding hydrogens is 397 g/mol. The minimum absolute atomic E-state index is 0. The van der Waals surface area contributed by atoms with Gasteiger partial charge in [-0.25, -0.2) is 9.59 Å². The van der Waals surface area contributed by atoms with E-state index in [4.69, 9.17) is 0 Å². The third-order valence-corrected chi connectivity index (χ3v) is 3.76. The molecule has 0 aliphatic carbocycles. The molecule has 0 aromatic carbocycles. The molecule has 2 N–H and O–H groups in total. The van der Waals surface area contributed by atoms with Crippen molar-refractivity contribution in [3.05, 3.63) is 25.3 Å². The minimum Gasteiger partial charge on any atom is -0.435 e. The van der Waals surface area contributed by atoms with E-state index in [2.05, 4.69) is 29.9 Å². The van der Waals surface area contributed by atoms with Crippen LogP contribution in [0.5, 0.6) is 0 Å². The normalized spacial score (nSPS) is 15.5. The van der Waals surface area contributed by atoms with E-state index in [9.17, 15) is 14.4 Å². The van der Waals surface area contributed by atoms with Crippen LogP contribution in [0.25, 0.3) is 0 Å². The molecule has 0 atom stereocenters. The Bertz CT molecular complexity index is 471. The number of nitrogens with zero attached hydrogens (tertiary/aromatic N) is 2. The van der Waals surface area contributed by atoms with E-state index in [0.29, 0.717) is 25.9 Å². The molecule has 0 spiro atoms. The first-order chi connectivity index (χ1) is 11.6. The molecular formula is C17H27N4O3Y-. The van der Waals surface area contributed by atoms with Gasteiger partial charge in [0.05, 0.1) is 0 Å². The number of Topliss-reactive ketones (excluding diaryl/α,β-unsaturated/α-hetero) is 1. The van der Waals surface area contributed by atoms with Gasteiger partial charge in [0.15, 0.2) is 0 Å². The second kappa shape index (κ2) is 14.0. The zero-order valence-corrected chi connectivity index (χ0v) is 17.6. The van der Waals surface area contributed by atoms with E-state index >= 15 is 0 Å². The molecule has 0 unspecified atom stereocenters. The quantitative estimate of drug-likeness (QED) is 0.254. The average molecular weight is 424 g/mol. The molecule has 2 aliphatic heterocycles. The largest absolute Gasteiger partial charge is 0.435 e. The van der Waals surface area contributed by atoms with Crippen molar-refractivity contribution in [3.8, 4) is 0 Å². The molecule has 0 aromatic rings. The molecule has 2 aliphatic rings. The molecule has 1 radical (unpaired) electrons. The number of unbranched alkanes of at least 4 members (excludes halogenated alkanes) is 1. The number of amides is 4. The number of ketones is 1. The van der Waals surface area contributed by atoms with E-state index < -0.39 is 0 Å². The van der Waals surface area contributed by atoms with E-state index in [1.165, 1.54) is 0 Å². The number of rotatable bonds is 9. The van der Waals surface area contributed by atoms with Gasteiger partial charge in [0.1, 0.15) is 0 Å². The molecule has 25 heavy (non-hydrogen) atoms. The summed E-state index contributed by atoms with van der Waals surface area (Å²) in [4.78, 5) is 36.3. The van der Waals surface area contributed by atoms with Crippen LogP contribution in [-0.4, -0.2) is 66.9 Å². The number of urea groups is 2. The fourth-order valence-corrected chi connectivity index (χ4v) is 2.39. The number of carbonyl (C=O) groups is 3. The van der Waals surface area contributed by atoms with Crippen LogP contribution >= 0.6 is 0 Å². The van der Waals surface area contributed by atoms with Crippen molar-refractivity contribution in [3.63, 3.8) is 0 Å². The Kier molecular flexibility index (Phi) is 13.3. The summed E-state index contributed by atoms with van der Waals surface area (Å²) in [5, 5.41) is 5.45. The average Bonchev–Trinajstić information content (AvgIpc) is 3.17. The third kappa shape index (κ3) is 9.75. The van der Waals surface area contributed by atoms with Crippen molar-refractivity contribution in [2.45, 2.75) is 25.7 Å². The van der Waals surface area contributed by atoms with Crippen LogP contribution in [0.1, 0.15) is 25.7 Å². The number of carbonyl (C=O) groups excluding carboxylic acids is 3. The predicted octanol–water partition coefficient (Wildman–Crippen LogP) is 1.33. The van der Waals surface area contributed by atoms with Gasteiger partial charge in [0.2, 0.25) is 0 Å². The van der Waals surface area contributed by atoms with Crippen molar-refractivity contribution in [2.75, 3.05) is 39.3 Å². The standard InChI is InChI=1S/C9H13N2O2.C8H14N2O.Y/c1-2-8(12)4-3-6-11-7-5-10-9(11)13;1-2-3-4-6-10-7-5-9-8(10)11;/h1,3-7H2,(H,10,13);2H,1,3-7H2,(H,9,11);/q-1;;. The van der Waals surface area contributed by atoms with Gasteiger partial charge < -0.3 is 31.3 Å². The second-order valence-electron chi connectivity index (χ2n) is 5.57. The summed E-state index contributed by atoms with van der Waals surface area (Å²) >= 11 is 0. The fraction of sp³-hybridized carbons (Fsp3) is 0.588. The van der Waals surface area contributed by atoms with Gasteiger partial charge in [-0.2, -0.15) is 0 Å². The molecule has 2 heterocycles. The van der Waals surface area contributed by atoms with Crippen LogP contribution in [0.3, 0.4) is 0 Å². The van der Waals surface area contributed by atoms with E-state index in [0.717, 1.165) is 39.0 Å². The molecule has 2 rings (SSSR count). The smallest absolute Gasteiger partial charge is 0.317 e.